The van der Waals surface area contributed by atoms with E-state index < -0.39 is 0 Å². The smallest absolute Gasteiger partial charge is 0.228 e. The van der Waals surface area contributed by atoms with Gasteiger partial charge in [0.1, 0.15) is 17.3 Å². The average Bonchev–Trinajstić information content (AvgIpc) is 3.24. The van der Waals surface area contributed by atoms with Crippen LogP contribution in [0.5, 0.6) is 11.5 Å². The van der Waals surface area contributed by atoms with Gasteiger partial charge in [0.25, 0.3) is 0 Å². The number of Topliss-reactive ketones (excluding diaryl/α,β-unsaturated/α-hetero) is 1. The van der Waals surface area contributed by atoms with Crippen molar-refractivity contribution in [1.29, 1.82) is 0 Å². The molecule has 28 heavy (non-hydrogen) atoms. The predicted molar refractivity (Wildman–Crippen MR) is 106 cm³/mol. The molecule has 5 nitrogen and oxygen atoms in total. The molecule has 1 amide bonds. The second kappa shape index (κ2) is 8.15. The Balaban J connectivity index is 1.50. The number of aryl methyl sites for hydroxylation is 1. The Morgan fingerprint density at radius 2 is 1.96 bits per heavy atom. The fraction of sp³-hybridized carbons (Fsp3) is 0.391. The molecule has 2 fully saturated rings. The van der Waals surface area contributed by atoms with Gasteiger partial charge in [-0.25, -0.2) is 0 Å². The monoisotopic (exact) mass is 379 g/mol. The second-order valence-electron chi connectivity index (χ2n) is 7.55. The first-order valence-corrected chi connectivity index (χ1v) is 9.84. The van der Waals surface area contributed by atoms with Crippen molar-refractivity contribution in [1.82, 2.24) is 4.90 Å². The standard InChI is InChI=1S/C23H25NO4/c1-16-13-19(28-18-5-3-2-4-6-18)7-8-20(16)21-14-24(11-9-22(21)25)23(26)17-10-12-27-15-17/h2-8,13,17,21H,9-12,14-15H2,1H3. The van der Waals surface area contributed by atoms with Crippen molar-refractivity contribution >= 4 is 11.7 Å². The molecule has 0 saturated carbocycles. The molecular formula is C23H25NO4. The molecule has 0 N–H and O–H groups in total. The predicted octanol–water partition coefficient (Wildman–Crippen LogP) is 3.71. The van der Waals surface area contributed by atoms with Crippen LogP contribution in [0.1, 0.15) is 29.9 Å². The van der Waals surface area contributed by atoms with Crippen molar-refractivity contribution in [2.45, 2.75) is 25.7 Å². The minimum Gasteiger partial charge on any atom is -0.457 e. The lowest BCUT2D eigenvalue weighted by Gasteiger charge is -2.34. The molecule has 146 valence electrons. The highest BCUT2D eigenvalue weighted by atomic mass is 16.5. The van der Waals surface area contributed by atoms with Crippen LogP contribution >= 0.6 is 0 Å². The number of ketones is 1. The number of rotatable bonds is 4. The molecule has 0 radical (unpaired) electrons. The summed E-state index contributed by atoms with van der Waals surface area (Å²) in [6.07, 6.45) is 1.18. The molecule has 2 saturated heterocycles. The normalized spacial score (nSPS) is 22.3. The highest BCUT2D eigenvalue weighted by Gasteiger charge is 2.35. The van der Waals surface area contributed by atoms with Crippen molar-refractivity contribution in [3.63, 3.8) is 0 Å². The van der Waals surface area contributed by atoms with Gasteiger partial charge < -0.3 is 14.4 Å². The SMILES string of the molecule is Cc1cc(Oc2ccccc2)ccc1C1CN(C(=O)C2CCOC2)CCC1=O. The van der Waals surface area contributed by atoms with E-state index in [4.69, 9.17) is 9.47 Å². The molecule has 0 bridgehead atoms. The molecule has 0 spiro atoms. The molecule has 2 aliphatic heterocycles. The maximum atomic E-state index is 12.7. The first-order chi connectivity index (χ1) is 13.6. The summed E-state index contributed by atoms with van der Waals surface area (Å²) in [5.74, 6) is 1.51. The van der Waals surface area contributed by atoms with Crippen molar-refractivity contribution in [2.75, 3.05) is 26.3 Å². The van der Waals surface area contributed by atoms with E-state index in [1.54, 1.807) is 0 Å². The van der Waals surface area contributed by atoms with Crippen LogP contribution in [0.25, 0.3) is 0 Å². The van der Waals surface area contributed by atoms with E-state index in [0.717, 1.165) is 29.0 Å². The molecule has 2 aliphatic rings. The van der Waals surface area contributed by atoms with Gasteiger partial charge >= 0.3 is 0 Å². The molecule has 2 aromatic rings. The van der Waals surface area contributed by atoms with Gasteiger partial charge in [-0.1, -0.05) is 24.3 Å². The number of benzene rings is 2. The number of nitrogens with zero attached hydrogens (tertiary/aromatic N) is 1. The van der Waals surface area contributed by atoms with E-state index in [2.05, 4.69) is 0 Å². The molecule has 0 aliphatic carbocycles. The molecular weight excluding hydrogens is 354 g/mol. The lowest BCUT2D eigenvalue weighted by Crippen LogP contribution is -2.45. The third kappa shape index (κ3) is 3.94. The molecule has 4 rings (SSSR count). The van der Waals surface area contributed by atoms with Crippen molar-refractivity contribution in [2.24, 2.45) is 5.92 Å². The topological polar surface area (TPSA) is 55.8 Å². The molecule has 0 aromatic heterocycles. The zero-order valence-corrected chi connectivity index (χ0v) is 16.1. The van der Waals surface area contributed by atoms with Crippen LogP contribution < -0.4 is 4.74 Å². The molecule has 2 heterocycles. The summed E-state index contributed by atoms with van der Waals surface area (Å²) in [5, 5.41) is 0. The number of hydrogen-bond donors (Lipinski definition) is 0. The number of amides is 1. The third-order valence-corrected chi connectivity index (χ3v) is 5.61. The van der Waals surface area contributed by atoms with Crippen molar-refractivity contribution in [3.05, 3.63) is 59.7 Å². The zero-order valence-electron chi connectivity index (χ0n) is 16.1. The number of carbonyl (C=O) groups excluding carboxylic acids is 2. The second-order valence-corrected chi connectivity index (χ2v) is 7.55. The van der Waals surface area contributed by atoms with Crippen LogP contribution in [0.2, 0.25) is 0 Å². The Kier molecular flexibility index (Phi) is 5.44. The van der Waals surface area contributed by atoms with Crippen LogP contribution in [0.15, 0.2) is 48.5 Å². The summed E-state index contributed by atoms with van der Waals surface area (Å²) in [6, 6.07) is 15.4. The summed E-state index contributed by atoms with van der Waals surface area (Å²) in [6.45, 7) is 4.10. The number of carbonyl (C=O) groups is 2. The Morgan fingerprint density at radius 3 is 2.68 bits per heavy atom. The quantitative estimate of drug-likeness (QED) is 0.813. The van der Waals surface area contributed by atoms with E-state index in [9.17, 15) is 9.59 Å². The van der Waals surface area contributed by atoms with E-state index in [0.29, 0.717) is 32.7 Å². The van der Waals surface area contributed by atoms with Gasteiger partial charge in [-0.3, -0.25) is 9.59 Å². The number of ether oxygens (including phenoxy) is 2. The summed E-state index contributed by atoms with van der Waals surface area (Å²) < 4.78 is 11.2. The molecule has 2 unspecified atom stereocenters. The minimum absolute atomic E-state index is 0.0587. The maximum Gasteiger partial charge on any atom is 0.228 e. The number of piperidine rings is 1. The van der Waals surface area contributed by atoms with E-state index in [1.165, 1.54) is 0 Å². The average molecular weight is 379 g/mol. The Morgan fingerprint density at radius 1 is 1.14 bits per heavy atom. The largest absolute Gasteiger partial charge is 0.457 e. The first kappa shape index (κ1) is 18.7. The third-order valence-electron chi connectivity index (χ3n) is 5.61. The minimum atomic E-state index is -0.272. The number of hydrogen-bond acceptors (Lipinski definition) is 4. The zero-order chi connectivity index (χ0) is 19.5. The highest BCUT2D eigenvalue weighted by molar-refractivity contribution is 5.90. The van der Waals surface area contributed by atoms with Crippen molar-refractivity contribution in [3.8, 4) is 11.5 Å². The Labute approximate surface area is 165 Å². The van der Waals surface area contributed by atoms with Crippen LogP contribution in [-0.4, -0.2) is 42.9 Å². The van der Waals surface area contributed by atoms with Crippen LogP contribution in [0.4, 0.5) is 0 Å². The van der Waals surface area contributed by atoms with Crippen LogP contribution in [0.3, 0.4) is 0 Å². The van der Waals surface area contributed by atoms with E-state index in [-0.39, 0.29) is 23.5 Å². The fourth-order valence-corrected chi connectivity index (χ4v) is 4.02. The van der Waals surface area contributed by atoms with Crippen molar-refractivity contribution < 1.29 is 19.1 Å². The Bertz CT molecular complexity index is 858. The van der Waals surface area contributed by atoms with Gasteiger partial charge in [0.2, 0.25) is 5.91 Å². The summed E-state index contributed by atoms with van der Waals surface area (Å²) in [7, 11) is 0. The summed E-state index contributed by atoms with van der Waals surface area (Å²) >= 11 is 0. The molecule has 2 atom stereocenters. The van der Waals surface area contributed by atoms with Gasteiger partial charge in [-0.15, -0.1) is 0 Å². The number of likely N-dealkylation sites (tertiary alicyclic amines) is 1. The first-order valence-electron chi connectivity index (χ1n) is 9.84. The van der Waals surface area contributed by atoms with Crippen LogP contribution in [-0.2, 0) is 14.3 Å². The van der Waals surface area contributed by atoms with Gasteiger partial charge in [0.05, 0.1) is 18.4 Å². The van der Waals surface area contributed by atoms with Crippen LogP contribution in [0, 0.1) is 12.8 Å². The van der Waals surface area contributed by atoms with Gasteiger partial charge in [0.15, 0.2) is 0 Å². The van der Waals surface area contributed by atoms with Gasteiger partial charge in [-0.05, 0) is 48.7 Å². The highest BCUT2D eigenvalue weighted by Crippen LogP contribution is 2.31. The van der Waals surface area contributed by atoms with Gasteiger partial charge in [-0.2, -0.15) is 0 Å². The summed E-state index contributed by atoms with van der Waals surface area (Å²) in [5.41, 5.74) is 1.98. The lowest BCUT2D eigenvalue weighted by molar-refractivity contribution is -0.139. The molecule has 2 aromatic carbocycles. The van der Waals surface area contributed by atoms with E-state index in [1.807, 2.05) is 60.4 Å². The Hall–Kier alpha value is -2.66. The fourth-order valence-electron chi connectivity index (χ4n) is 4.02. The number of para-hydroxylation sites is 1. The summed E-state index contributed by atoms with van der Waals surface area (Å²) in [4.78, 5) is 27.2. The lowest BCUT2D eigenvalue weighted by atomic mass is 9.86. The maximum absolute atomic E-state index is 12.7. The van der Waals surface area contributed by atoms with Gasteiger partial charge in [0, 0.05) is 26.1 Å². The van der Waals surface area contributed by atoms with E-state index >= 15 is 0 Å². The molecule has 5 heteroatoms.